The minimum absolute atomic E-state index is 0.246. The number of hydrogen-bond acceptors (Lipinski definition) is 4. The van der Waals surface area contributed by atoms with E-state index in [1.807, 2.05) is 32.0 Å². The van der Waals surface area contributed by atoms with Crippen molar-refractivity contribution in [3.8, 4) is 17.2 Å². The quantitative estimate of drug-likeness (QED) is 0.758. The molecule has 0 atom stereocenters. The summed E-state index contributed by atoms with van der Waals surface area (Å²) in [6, 6.07) is 5.59. The largest absolute Gasteiger partial charge is 0.454 e. The van der Waals surface area contributed by atoms with E-state index in [9.17, 15) is 4.79 Å². The predicted octanol–water partition coefficient (Wildman–Crippen LogP) is 2.03. The minimum atomic E-state index is 0.246. The zero-order valence-electron chi connectivity index (χ0n) is 10.1. The van der Waals surface area contributed by atoms with Crippen molar-refractivity contribution in [1.29, 1.82) is 0 Å². The van der Waals surface area contributed by atoms with Gasteiger partial charge >= 0.3 is 0 Å². The maximum atomic E-state index is 11.0. The Labute approximate surface area is 104 Å². The molecule has 0 unspecified atom stereocenters. The van der Waals surface area contributed by atoms with Crippen LogP contribution in [-0.2, 0) is 0 Å². The van der Waals surface area contributed by atoms with Crippen molar-refractivity contribution in [2.24, 2.45) is 0 Å². The number of fused-ring (bicyclic) bond motifs is 1. The van der Waals surface area contributed by atoms with Crippen LogP contribution in [0.25, 0.3) is 5.69 Å². The first-order valence-electron chi connectivity index (χ1n) is 5.62. The van der Waals surface area contributed by atoms with Crippen LogP contribution in [0.1, 0.15) is 21.7 Å². The Bertz CT molecular complexity index is 631. The normalized spacial score (nSPS) is 12.8. The van der Waals surface area contributed by atoms with E-state index in [-0.39, 0.29) is 6.79 Å². The second kappa shape index (κ2) is 3.87. The highest BCUT2D eigenvalue weighted by molar-refractivity contribution is 5.78. The molecule has 1 aromatic carbocycles. The molecule has 0 aliphatic carbocycles. The van der Waals surface area contributed by atoms with Crippen molar-refractivity contribution >= 4 is 6.29 Å². The molecule has 0 fully saturated rings. The lowest BCUT2D eigenvalue weighted by molar-refractivity contribution is 0.112. The molecule has 92 valence electrons. The zero-order chi connectivity index (χ0) is 12.7. The van der Waals surface area contributed by atoms with Gasteiger partial charge in [-0.3, -0.25) is 4.79 Å². The molecule has 0 radical (unpaired) electrons. The summed E-state index contributed by atoms with van der Waals surface area (Å²) in [5, 5.41) is 4.37. The second-order valence-electron chi connectivity index (χ2n) is 4.15. The number of carbonyl (C=O) groups excluding carboxylic acids is 1. The van der Waals surface area contributed by atoms with Gasteiger partial charge < -0.3 is 9.47 Å². The number of benzene rings is 1. The smallest absolute Gasteiger partial charge is 0.231 e. The number of hydrogen-bond donors (Lipinski definition) is 0. The summed E-state index contributed by atoms with van der Waals surface area (Å²) in [5.41, 5.74) is 3.03. The Morgan fingerprint density at radius 3 is 2.78 bits per heavy atom. The molecular weight excluding hydrogens is 232 g/mol. The van der Waals surface area contributed by atoms with E-state index in [0.29, 0.717) is 11.3 Å². The van der Waals surface area contributed by atoms with Crippen molar-refractivity contribution in [2.75, 3.05) is 6.79 Å². The average Bonchev–Trinajstić information content (AvgIpc) is 2.93. The molecule has 0 spiro atoms. The minimum Gasteiger partial charge on any atom is -0.454 e. The highest BCUT2D eigenvalue weighted by Crippen LogP contribution is 2.34. The van der Waals surface area contributed by atoms with E-state index in [0.717, 1.165) is 29.1 Å². The number of carbonyl (C=O) groups is 1. The summed E-state index contributed by atoms with van der Waals surface area (Å²) in [4.78, 5) is 11.0. The molecule has 18 heavy (non-hydrogen) atoms. The first kappa shape index (κ1) is 10.8. The van der Waals surface area contributed by atoms with E-state index in [1.54, 1.807) is 4.68 Å². The van der Waals surface area contributed by atoms with Crippen LogP contribution in [-0.4, -0.2) is 22.9 Å². The van der Waals surface area contributed by atoms with Gasteiger partial charge in [0.15, 0.2) is 17.8 Å². The summed E-state index contributed by atoms with van der Waals surface area (Å²) in [7, 11) is 0. The van der Waals surface area contributed by atoms with E-state index in [2.05, 4.69) is 5.10 Å². The third-order valence-electron chi connectivity index (χ3n) is 3.07. The fourth-order valence-corrected chi connectivity index (χ4v) is 2.09. The molecule has 0 bridgehead atoms. The molecule has 1 aromatic heterocycles. The standard InChI is InChI=1S/C13H12N2O3/c1-8-11(6-16)9(2)15(14-8)10-3-4-12-13(5-10)18-7-17-12/h3-6H,7H2,1-2H3. The van der Waals surface area contributed by atoms with Crippen LogP contribution >= 0.6 is 0 Å². The molecule has 1 aliphatic rings. The topological polar surface area (TPSA) is 53.4 Å². The van der Waals surface area contributed by atoms with Gasteiger partial charge in [0.1, 0.15) is 0 Å². The summed E-state index contributed by atoms with van der Waals surface area (Å²) in [6.45, 7) is 3.93. The van der Waals surface area contributed by atoms with Crippen molar-refractivity contribution in [1.82, 2.24) is 9.78 Å². The van der Waals surface area contributed by atoms with Gasteiger partial charge in [0.2, 0.25) is 6.79 Å². The molecule has 5 heteroatoms. The van der Waals surface area contributed by atoms with Crippen LogP contribution in [0, 0.1) is 13.8 Å². The maximum absolute atomic E-state index is 11.0. The molecular formula is C13H12N2O3. The van der Waals surface area contributed by atoms with Gasteiger partial charge in [0, 0.05) is 6.07 Å². The first-order chi connectivity index (χ1) is 8.70. The third kappa shape index (κ3) is 1.48. The summed E-state index contributed by atoms with van der Waals surface area (Å²) in [5.74, 6) is 1.43. The fraction of sp³-hybridized carbons (Fsp3) is 0.231. The number of aryl methyl sites for hydroxylation is 1. The second-order valence-corrected chi connectivity index (χ2v) is 4.15. The molecule has 2 heterocycles. The third-order valence-corrected chi connectivity index (χ3v) is 3.07. The highest BCUT2D eigenvalue weighted by Gasteiger charge is 2.17. The van der Waals surface area contributed by atoms with Crippen molar-refractivity contribution in [3.63, 3.8) is 0 Å². The van der Waals surface area contributed by atoms with Gasteiger partial charge in [0.05, 0.1) is 22.6 Å². The van der Waals surface area contributed by atoms with E-state index < -0.39 is 0 Å². The lowest BCUT2D eigenvalue weighted by Gasteiger charge is -2.05. The van der Waals surface area contributed by atoms with Crippen LogP contribution < -0.4 is 9.47 Å². The van der Waals surface area contributed by atoms with Crippen LogP contribution in [0.4, 0.5) is 0 Å². The Kier molecular flexibility index (Phi) is 2.33. The van der Waals surface area contributed by atoms with Crippen LogP contribution in [0.3, 0.4) is 0 Å². The number of ether oxygens (including phenoxy) is 2. The molecule has 0 saturated heterocycles. The summed E-state index contributed by atoms with van der Waals surface area (Å²) >= 11 is 0. The molecule has 0 saturated carbocycles. The lowest BCUT2D eigenvalue weighted by Crippen LogP contribution is -1.99. The van der Waals surface area contributed by atoms with E-state index in [1.165, 1.54) is 0 Å². The predicted molar refractivity (Wildman–Crippen MR) is 64.5 cm³/mol. The van der Waals surface area contributed by atoms with Crippen LogP contribution in [0.2, 0.25) is 0 Å². The Morgan fingerprint density at radius 2 is 2.06 bits per heavy atom. The van der Waals surface area contributed by atoms with Crippen LogP contribution in [0.5, 0.6) is 11.5 Å². The molecule has 0 N–H and O–H groups in total. The van der Waals surface area contributed by atoms with Crippen LogP contribution in [0.15, 0.2) is 18.2 Å². The van der Waals surface area contributed by atoms with E-state index >= 15 is 0 Å². The van der Waals surface area contributed by atoms with Crippen molar-refractivity contribution in [3.05, 3.63) is 35.2 Å². The summed E-state index contributed by atoms with van der Waals surface area (Å²) < 4.78 is 12.3. The maximum Gasteiger partial charge on any atom is 0.231 e. The molecule has 0 amide bonds. The molecule has 5 nitrogen and oxygen atoms in total. The van der Waals surface area contributed by atoms with Gasteiger partial charge in [-0.2, -0.15) is 5.10 Å². The molecule has 1 aliphatic heterocycles. The molecule has 3 rings (SSSR count). The Hall–Kier alpha value is -2.30. The van der Waals surface area contributed by atoms with Gasteiger partial charge in [0.25, 0.3) is 0 Å². The van der Waals surface area contributed by atoms with Gasteiger partial charge in [-0.25, -0.2) is 4.68 Å². The molecule has 2 aromatic rings. The lowest BCUT2D eigenvalue weighted by atomic mass is 10.2. The van der Waals surface area contributed by atoms with Crippen molar-refractivity contribution in [2.45, 2.75) is 13.8 Å². The number of nitrogens with zero attached hydrogens (tertiary/aromatic N) is 2. The number of rotatable bonds is 2. The van der Waals surface area contributed by atoms with Gasteiger partial charge in [-0.15, -0.1) is 0 Å². The monoisotopic (exact) mass is 244 g/mol. The Balaban J connectivity index is 2.13. The van der Waals surface area contributed by atoms with Gasteiger partial charge in [-0.1, -0.05) is 0 Å². The average molecular weight is 244 g/mol. The Morgan fingerprint density at radius 1 is 1.28 bits per heavy atom. The summed E-state index contributed by atoms with van der Waals surface area (Å²) in [6.07, 6.45) is 0.834. The fourth-order valence-electron chi connectivity index (χ4n) is 2.09. The zero-order valence-corrected chi connectivity index (χ0v) is 10.1. The van der Waals surface area contributed by atoms with E-state index in [4.69, 9.17) is 9.47 Å². The SMILES string of the molecule is Cc1nn(-c2ccc3c(c2)OCO3)c(C)c1C=O. The number of aldehydes is 1. The first-order valence-corrected chi connectivity index (χ1v) is 5.62. The number of aromatic nitrogens is 2. The highest BCUT2D eigenvalue weighted by atomic mass is 16.7. The van der Waals surface area contributed by atoms with Gasteiger partial charge in [-0.05, 0) is 26.0 Å². The van der Waals surface area contributed by atoms with Crippen molar-refractivity contribution < 1.29 is 14.3 Å².